The van der Waals surface area contributed by atoms with Gasteiger partial charge < -0.3 is 16.6 Å². The molecule has 0 saturated heterocycles. The first-order valence-corrected chi connectivity index (χ1v) is 14.7. The standard InChI is InChI=1S/C29H39O3Si.3CO.CH3.Fe/c1-6-7-14-23(22-28(30)31-5)24-19-20-25(21-24)32-33(29(2,3)4,26-15-10-8-11-16-26)27-17-12-9-13-18-27;3*1-2;;/h8-13,15-19,22-23,25H,6-7,14,20-21H2,1-5H3;;;;1H3;/q-1;;;;-1;+2/t23-,25+;;;;;/m1...../s1. The van der Waals surface area contributed by atoms with Gasteiger partial charge in [0.15, 0.2) is 5.97 Å². The van der Waals surface area contributed by atoms with Crippen molar-refractivity contribution in [3.05, 3.63) is 106 Å². The summed E-state index contributed by atoms with van der Waals surface area (Å²) in [5, 5.41) is 2.57. The summed E-state index contributed by atoms with van der Waals surface area (Å²) in [5.74, 6) is -0.112. The Labute approximate surface area is 259 Å². The molecule has 2 aromatic carbocycles. The number of hydrogen-bond acceptors (Lipinski definition) is 3. The molecular formula is C33H42FeO6Si. The van der Waals surface area contributed by atoms with Gasteiger partial charge in [-0.3, -0.25) is 11.2 Å². The zero-order valence-electron chi connectivity index (χ0n) is 24.9. The van der Waals surface area contributed by atoms with E-state index in [4.69, 9.17) is 23.1 Å². The molecule has 0 saturated carbocycles. The molecule has 0 radical (unpaired) electrons. The normalized spacial score (nSPS) is 14.1. The van der Waals surface area contributed by atoms with Crippen molar-refractivity contribution in [1.82, 2.24) is 0 Å². The van der Waals surface area contributed by atoms with E-state index in [9.17, 15) is 4.79 Å². The summed E-state index contributed by atoms with van der Waals surface area (Å²) in [7, 11) is -1.13. The maximum absolute atomic E-state index is 12.0. The smallest absolute Gasteiger partial charge is 0.358 e. The number of methoxy groups -OCH3 is 1. The van der Waals surface area contributed by atoms with Crippen LogP contribution in [0.2, 0.25) is 5.04 Å². The van der Waals surface area contributed by atoms with Gasteiger partial charge in [0, 0.05) is 0 Å². The number of hydrogen-bond donors (Lipinski definition) is 0. The van der Waals surface area contributed by atoms with Gasteiger partial charge in [-0.2, -0.15) is 0 Å². The predicted molar refractivity (Wildman–Crippen MR) is 157 cm³/mol. The quantitative estimate of drug-likeness (QED) is 0.105. The molecule has 0 aromatic heterocycles. The van der Waals surface area contributed by atoms with E-state index in [0.29, 0.717) is 0 Å². The molecule has 8 heteroatoms. The molecule has 2 atom stereocenters. The van der Waals surface area contributed by atoms with Crippen LogP contribution in [-0.2, 0) is 45.0 Å². The van der Waals surface area contributed by atoms with Gasteiger partial charge in [0.2, 0.25) is 0 Å². The zero-order valence-corrected chi connectivity index (χ0v) is 27.0. The van der Waals surface area contributed by atoms with Crippen molar-refractivity contribution < 1.29 is 45.0 Å². The van der Waals surface area contributed by atoms with Gasteiger partial charge in [-0.05, 0) is 28.3 Å². The van der Waals surface area contributed by atoms with Gasteiger partial charge >= 0.3 is 51.0 Å². The fraction of sp³-hybridized carbons (Fsp3) is 0.394. The van der Waals surface area contributed by atoms with E-state index in [1.54, 1.807) is 6.42 Å². The third-order valence-corrected chi connectivity index (χ3v) is 11.8. The van der Waals surface area contributed by atoms with Gasteiger partial charge in [-0.1, -0.05) is 119 Å². The molecule has 0 amide bonds. The van der Waals surface area contributed by atoms with Crippen molar-refractivity contribution >= 4 is 24.7 Å². The number of carbonyl (C=O) groups is 1. The van der Waals surface area contributed by atoms with Crippen molar-refractivity contribution in [1.29, 1.82) is 0 Å². The molecule has 2 aromatic rings. The van der Waals surface area contributed by atoms with Gasteiger partial charge in [0.1, 0.15) is 0 Å². The largest absolute Gasteiger partial charge is 2.00 e. The van der Waals surface area contributed by atoms with Crippen LogP contribution in [0, 0.1) is 39.7 Å². The molecule has 0 unspecified atom stereocenters. The minimum atomic E-state index is -2.58. The summed E-state index contributed by atoms with van der Waals surface area (Å²) >= 11 is 0. The molecule has 6 nitrogen and oxygen atoms in total. The molecule has 0 aliphatic heterocycles. The summed E-state index contributed by atoms with van der Waals surface area (Å²) in [4.78, 5) is 12.0. The zero-order chi connectivity index (χ0) is 29.9. The number of rotatable bonds is 10. The average molecular weight is 619 g/mol. The van der Waals surface area contributed by atoms with Crippen molar-refractivity contribution in [2.45, 2.75) is 70.9 Å². The van der Waals surface area contributed by atoms with Crippen LogP contribution in [0.25, 0.3) is 0 Å². The summed E-state index contributed by atoms with van der Waals surface area (Å²) < 4.78 is 34.8. The molecule has 41 heavy (non-hydrogen) atoms. The molecule has 0 fully saturated rings. The Morgan fingerprint density at radius 2 is 1.44 bits per heavy atom. The second-order valence-electron chi connectivity index (χ2n) is 10.1. The maximum atomic E-state index is 12.0. The topological polar surface area (TPSA) is 95.2 Å². The summed E-state index contributed by atoms with van der Waals surface area (Å²) in [6.45, 7) is 22.6. The third-order valence-electron chi connectivity index (χ3n) is 6.75. The minimum absolute atomic E-state index is 0. The van der Waals surface area contributed by atoms with Gasteiger partial charge in [0.25, 0.3) is 8.32 Å². The van der Waals surface area contributed by atoms with Gasteiger partial charge in [-0.15, -0.1) is 5.92 Å². The fourth-order valence-corrected chi connectivity index (χ4v) is 9.77. The molecule has 1 aliphatic rings. The minimum Gasteiger partial charge on any atom is -0.358 e. The van der Waals surface area contributed by atoms with Crippen LogP contribution in [0.3, 0.4) is 0 Å². The number of ether oxygens (including phenoxy) is 1. The van der Waals surface area contributed by atoms with E-state index in [1.165, 1.54) is 23.1 Å². The van der Waals surface area contributed by atoms with Crippen LogP contribution in [0.1, 0.15) is 59.8 Å². The second kappa shape index (κ2) is 23.0. The van der Waals surface area contributed by atoms with E-state index in [1.807, 2.05) is 0 Å². The fourth-order valence-electron chi connectivity index (χ4n) is 5.08. The van der Waals surface area contributed by atoms with Gasteiger partial charge in [-0.25, -0.2) is 0 Å². The Balaban J connectivity index is -0.00000169. The van der Waals surface area contributed by atoms with Crippen LogP contribution in [0.15, 0.2) is 72.3 Å². The van der Waals surface area contributed by atoms with E-state index < -0.39 is 8.32 Å². The van der Waals surface area contributed by atoms with Crippen LogP contribution >= 0.6 is 0 Å². The number of carbonyl (C=O) groups excluding carboxylic acids is 1. The van der Waals surface area contributed by atoms with E-state index in [2.05, 4.69) is 114 Å². The van der Waals surface area contributed by atoms with Crippen molar-refractivity contribution in [3.8, 4) is 0 Å². The van der Waals surface area contributed by atoms with Crippen LogP contribution in [0.5, 0.6) is 0 Å². The molecule has 0 bridgehead atoms. The predicted octanol–water partition coefficient (Wildman–Crippen LogP) is 6.17. The van der Waals surface area contributed by atoms with Crippen molar-refractivity contribution in [2.75, 3.05) is 7.11 Å². The second-order valence-corrected chi connectivity index (χ2v) is 14.3. The van der Waals surface area contributed by atoms with E-state index in [0.717, 1.165) is 32.1 Å². The average Bonchev–Trinajstić information content (AvgIpc) is 3.45. The summed E-state index contributed by atoms with van der Waals surface area (Å²) in [6.07, 6.45) is 9.11. The van der Waals surface area contributed by atoms with Crippen LogP contribution in [0.4, 0.5) is 0 Å². The van der Waals surface area contributed by atoms with E-state index in [-0.39, 0.29) is 47.5 Å². The van der Waals surface area contributed by atoms with Crippen LogP contribution in [-0.4, -0.2) is 27.5 Å². The molecule has 0 heterocycles. The Kier molecular flexibility index (Phi) is 24.1. The number of unbranched alkanes of at least 4 members (excludes halogenated alkanes) is 1. The summed E-state index contributed by atoms with van der Waals surface area (Å²) in [5.41, 5.74) is 1.32. The summed E-state index contributed by atoms with van der Waals surface area (Å²) in [6, 6.07) is 21.6. The van der Waals surface area contributed by atoms with Gasteiger partial charge in [0.05, 0.1) is 13.2 Å². The Morgan fingerprint density at radius 1 is 0.976 bits per heavy atom. The first kappa shape index (κ1) is 42.9. The number of esters is 1. The SMILES string of the molecule is CCCC[C@H]([CH-]C(=O)OC)C1=CC[C@H](O[Si](c2ccccc2)(c2ccccc2)C(C)(C)C)C1.[C-]#[O+].[C-]#[O+].[C-]#[O+].[CH3-].[Fe+2]. The first-order chi connectivity index (χ1) is 18.8. The number of benzene rings is 2. The molecule has 0 N–H and O–H groups in total. The third kappa shape index (κ3) is 12.1. The monoisotopic (exact) mass is 618 g/mol. The van der Waals surface area contributed by atoms with Crippen LogP contribution < -0.4 is 10.4 Å². The molecule has 3 rings (SSSR count). The maximum Gasteiger partial charge on any atom is 2.00 e. The molecular weight excluding hydrogens is 576 g/mol. The van der Waals surface area contributed by atoms with Crippen molar-refractivity contribution in [2.24, 2.45) is 5.92 Å². The Hall–Kier alpha value is -2.56. The first-order valence-electron chi connectivity index (χ1n) is 12.8. The Morgan fingerprint density at radius 3 is 1.83 bits per heavy atom. The molecule has 222 valence electrons. The van der Waals surface area contributed by atoms with E-state index >= 15 is 0 Å². The van der Waals surface area contributed by atoms with Crippen molar-refractivity contribution in [3.63, 3.8) is 0 Å². The molecule has 1 aliphatic carbocycles. The molecule has 0 spiro atoms. The Bertz CT molecular complexity index is 1000.